The molecule has 0 aliphatic heterocycles. The second-order valence-corrected chi connectivity index (χ2v) is 5.54. The monoisotopic (exact) mass is 349 g/mol. The van der Waals surface area contributed by atoms with Crippen molar-refractivity contribution in [2.45, 2.75) is 0 Å². The fourth-order valence-electron chi connectivity index (χ4n) is 2.03. The van der Waals surface area contributed by atoms with Crippen LogP contribution in [-0.4, -0.2) is 5.91 Å². The van der Waals surface area contributed by atoms with Crippen molar-refractivity contribution in [1.82, 2.24) is 0 Å². The van der Waals surface area contributed by atoms with Crippen molar-refractivity contribution >= 4 is 34.8 Å². The zero-order valence-corrected chi connectivity index (χ0v) is 13.2. The van der Waals surface area contributed by atoms with Gasteiger partial charge in [0.2, 0.25) is 0 Å². The average molecular weight is 350 g/mol. The Hall–Kier alpha value is -2.30. The lowest BCUT2D eigenvalue weighted by molar-refractivity contribution is 0.0997. The van der Waals surface area contributed by atoms with Gasteiger partial charge in [-0.1, -0.05) is 35.3 Å². The van der Waals surface area contributed by atoms with Crippen LogP contribution in [0.15, 0.2) is 59.0 Å². The van der Waals surface area contributed by atoms with Crippen molar-refractivity contribution in [3.8, 4) is 11.3 Å². The molecule has 1 N–H and O–H groups in total. The van der Waals surface area contributed by atoms with Gasteiger partial charge in [0, 0.05) is 5.69 Å². The predicted molar refractivity (Wildman–Crippen MR) is 88.5 cm³/mol. The van der Waals surface area contributed by atoms with Crippen LogP contribution in [0.4, 0.5) is 10.1 Å². The normalized spacial score (nSPS) is 10.6. The van der Waals surface area contributed by atoms with E-state index in [1.54, 1.807) is 36.4 Å². The Bertz CT molecular complexity index is 877. The zero-order valence-electron chi connectivity index (χ0n) is 11.6. The molecule has 3 aromatic rings. The van der Waals surface area contributed by atoms with Crippen molar-refractivity contribution in [2.75, 3.05) is 5.32 Å². The van der Waals surface area contributed by atoms with E-state index < -0.39 is 11.7 Å². The number of anilines is 1. The van der Waals surface area contributed by atoms with Gasteiger partial charge in [-0.2, -0.15) is 0 Å². The Labute approximate surface area is 141 Å². The van der Waals surface area contributed by atoms with Crippen LogP contribution in [0, 0.1) is 5.82 Å². The summed E-state index contributed by atoms with van der Waals surface area (Å²) in [5.41, 5.74) is 0.773. The third-order valence-corrected chi connectivity index (χ3v) is 3.89. The average Bonchev–Trinajstić information content (AvgIpc) is 3.01. The highest BCUT2D eigenvalue weighted by atomic mass is 35.5. The third-order valence-electron chi connectivity index (χ3n) is 3.15. The van der Waals surface area contributed by atoms with Crippen molar-refractivity contribution in [3.05, 3.63) is 76.2 Å². The topological polar surface area (TPSA) is 42.2 Å². The van der Waals surface area contributed by atoms with Crippen LogP contribution in [0.1, 0.15) is 10.6 Å². The molecule has 0 aliphatic carbocycles. The number of hydrogen-bond donors (Lipinski definition) is 1. The van der Waals surface area contributed by atoms with E-state index in [-0.39, 0.29) is 11.5 Å². The summed E-state index contributed by atoms with van der Waals surface area (Å²) in [5.74, 6) is -0.541. The lowest BCUT2D eigenvalue weighted by Crippen LogP contribution is -2.10. The van der Waals surface area contributed by atoms with Crippen molar-refractivity contribution in [3.63, 3.8) is 0 Å². The molecule has 0 aliphatic rings. The van der Waals surface area contributed by atoms with Crippen molar-refractivity contribution < 1.29 is 13.6 Å². The van der Waals surface area contributed by atoms with Gasteiger partial charge in [-0.25, -0.2) is 4.39 Å². The summed E-state index contributed by atoms with van der Waals surface area (Å²) < 4.78 is 19.2. The molecule has 1 heterocycles. The number of carbonyl (C=O) groups is 1. The molecular weight excluding hydrogens is 340 g/mol. The van der Waals surface area contributed by atoms with E-state index in [2.05, 4.69) is 5.32 Å². The maximum absolute atomic E-state index is 13.7. The first-order valence-electron chi connectivity index (χ1n) is 6.66. The van der Waals surface area contributed by atoms with Crippen LogP contribution in [0.2, 0.25) is 10.0 Å². The molecule has 3 nitrogen and oxygen atoms in total. The maximum Gasteiger partial charge on any atom is 0.291 e. The van der Waals surface area contributed by atoms with E-state index in [9.17, 15) is 9.18 Å². The molecule has 1 amide bonds. The van der Waals surface area contributed by atoms with E-state index in [4.69, 9.17) is 27.6 Å². The first-order chi connectivity index (χ1) is 11.0. The predicted octanol–water partition coefficient (Wildman–Crippen LogP) is 5.64. The van der Waals surface area contributed by atoms with Gasteiger partial charge in [-0.3, -0.25) is 4.79 Å². The fraction of sp³-hybridized carbons (Fsp3) is 0. The van der Waals surface area contributed by atoms with Gasteiger partial charge in [-0.05, 0) is 42.5 Å². The highest BCUT2D eigenvalue weighted by molar-refractivity contribution is 6.42. The molecule has 2 aromatic carbocycles. The lowest BCUT2D eigenvalue weighted by Gasteiger charge is -2.04. The summed E-state index contributed by atoms with van der Waals surface area (Å²) in [4.78, 5) is 12.2. The first-order valence-corrected chi connectivity index (χ1v) is 7.41. The molecule has 3 rings (SSSR count). The van der Waals surface area contributed by atoms with E-state index in [0.29, 0.717) is 21.3 Å². The summed E-state index contributed by atoms with van der Waals surface area (Å²) in [7, 11) is 0. The standard InChI is InChI=1S/C17H10Cl2FNO2/c18-12-6-5-10(9-13(12)19)21-17(22)16-8-7-15(23-16)11-3-1-2-4-14(11)20/h1-9H,(H,21,22). The Kier molecular flexibility index (Phi) is 4.37. The first kappa shape index (κ1) is 15.6. The quantitative estimate of drug-likeness (QED) is 0.664. The Morgan fingerprint density at radius 3 is 2.52 bits per heavy atom. The van der Waals surface area contributed by atoms with E-state index >= 15 is 0 Å². The zero-order chi connectivity index (χ0) is 16.4. The van der Waals surface area contributed by atoms with E-state index in [1.807, 2.05) is 0 Å². The number of nitrogens with one attached hydrogen (secondary N) is 1. The highest BCUT2D eigenvalue weighted by Gasteiger charge is 2.14. The van der Waals surface area contributed by atoms with Gasteiger partial charge in [0.05, 0.1) is 15.6 Å². The van der Waals surface area contributed by atoms with E-state index in [1.165, 1.54) is 18.2 Å². The number of halogens is 3. The largest absolute Gasteiger partial charge is 0.451 e. The summed E-state index contributed by atoms with van der Waals surface area (Å²) in [5, 5.41) is 3.36. The highest BCUT2D eigenvalue weighted by Crippen LogP contribution is 2.27. The Morgan fingerprint density at radius 1 is 1.00 bits per heavy atom. The molecule has 1 aromatic heterocycles. The van der Waals surface area contributed by atoms with Gasteiger partial charge in [0.25, 0.3) is 5.91 Å². The van der Waals surface area contributed by atoms with Crippen LogP contribution < -0.4 is 5.32 Å². The number of hydrogen-bond acceptors (Lipinski definition) is 2. The minimum absolute atomic E-state index is 0.0642. The van der Waals surface area contributed by atoms with Gasteiger partial charge in [0.1, 0.15) is 11.6 Å². The number of amides is 1. The molecule has 0 unspecified atom stereocenters. The van der Waals surface area contributed by atoms with E-state index in [0.717, 1.165) is 0 Å². The number of rotatable bonds is 3. The van der Waals surface area contributed by atoms with Crippen LogP contribution in [0.3, 0.4) is 0 Å². The van der Waals surface area contributed by atoms with Crippen LogP contribution in [0.5, 0.6) is 0 Å². The molecular formula is C17H10Cl2FNO2. The molecule has 0 atom stereocenters. The number of furan rings is 1. The van der Waals surface area contributed by atoms with Crippen molar-refractivity contribution in [2.24, 2.45) is 0 Å². The minimum atomic E-state index is -0.467. The lowest BCUT2D eigenvalue weighted by atomic mass is 10.1. The molecule has 0 radical (unpaired) electrons. The molecule has 0 saturated carbocycles. The molecule has 116 valence electrons. The van der Waals surface area contributed by atoms with Gasteiger partial charge in [-0.15, -0.1) is 0 Å². The van der Waals surface area contributed by atoms with Gasteiger partial charge < -0.3 is 9.73 Å². The molecule has 6 heteroatoms. The molecule has 23 heavy (non-hydrogen) atoms. The fourth-order valence-corrected chi connectivity index (χ4v) is 2.33. The Balaban J connectivity index is 1.81. The van der Waals surface area contributed by atoms with Crippen LogP contribution in [-0.2, 0) is 0 Å². The van der Waals surface area contributed by atoms with Crippen molar-refractivity contribution in [1.29, 1.82) is 0 Å². The summed E-state index contributed by atoms with van der Waals surface area (Å²) >= 11 is 11.7. The summed E-state index contributed by atoms with van der Waals surface area (Å²) in [6.07, 6.45) is 0. The minimum Gasteiger partial charge on any atom is -0.451 e. The third kappa shape index (κ3) is 3.38. The number of carbonyl (C=O) groups excluding carboxylic acids is 1. The van der Waals surface area contributed by atoms with Crippen LogP contribution >= 0.6 is 23.2 Å². The SMILES string of the molecule is O=C(Nc1ccc(Cl)c(Cl)c1)c1ccc(-c2ccccc2F)o1. The molecule has 0 bridgehead atoms. The maximum atomic E-state index is 13.7. The summed E-state index contributed by atoms with van der Waals surface area (Å²) in [6.45, 7) is 0. The molecule has 0 fully saturated rings. The van der Waals surface area contributed by atoms with Gasteiger partial charge >= 0.3 is 0 Å². The molecule has 0 saturated heterocycles. The second-order valence-electron chi connectivity index (χ2n) is 4.73. The molecule has 0 spiro atoms. The Morgan fingerprint density at radius 2 is 1.78 bits per heavy atom. The number of benzene rings is 2. The summed E-state index contributed by atoms with van der Waals surface area (Å²) in [6, 6.07) is 13.9. The second kappa shape index (κ2) is 6.44. The van der Waals surface area contributed by atoms with Crippen LogP contribution in [0.25, 0.3) is 11.3 Å². The van der Waals surface area contributed by atoms with Gasteiger partial charge in [0.15, 0.2) is 5.76 Å². The smallest absolute Gasteiger partial charge is 0.291 e.